The number of hydrogen-bond acceptors (Lipinski definition) is 3. The van der Waals surface area contributed by atoms with Crippen LogP contribution in [-0.2, 0) is 6.42 Å². The van der Waals surface area contributed by atoms with E-state index in [1.807, 2.05) is 54.1 Å². The summed E-state index contributed by atoms with van der Waals surface area (Å²) in [7, 11) is 0. The van der Waals surface area contributed by atoms with Crippen molar-refractivity contribution < 1.29 is 4.79 Å². The van der Waals surface area contributed by atoms with Gasteiger partial charge in [0, 0.05) is 11.6 Å². The van der Waals surface area contributed by atoms with Crippen LogP contribution in [0.4, 0.5) is 5.69 Å². The fourth-order valence-corrected chi connectivity index (χ4v) is 4.18. The third kappa shape index (κ3) is 3.96. The Kier molecular flexibility index (Phi) is 5.76. The van der Waals surface area contributed by atoms with Gasteiger partial charge in [0.1, 0.15) is 0 Å². The number of para-hydroxylation sites is 2. The number of aryl methyl sites for hydroxylation is 2. The fourth-order valence-electron chi connectivity index (χ4n) is 4.18. The average Bonchev–Trinajstić information content (AvgIpc) is 3.21. The summed E-state index contributed by atoms with van der Waals surface area (Å²) in [6.07, 6.45) is 4.61. The molecule has 0 unspecified atom stereocenters. The van der Waals surface area contributed by atoms with E-state index in [0.717, 1.165) is 60.5 Å². The summed E-state index contributed by atoms with van der Waals surface area (Å²) in [6, 6.07) is 16.2. The lowest BCUT2D eigenvalue weighted by atomic mass is 9.91. The van der Waals surface area contributed by atoms with Crippen molar-refractivity contribution in [2.45, 2.75) is 39.0 Å². The van der Waals surface area contributed by atoms with E-state index in [0.29, 0.717) is 11.5 Å². The summed E-state index contributed by atoms with van der Waals surface area (Å²) in [5, 5.41) is 11.2. The Bertz CT molecular complexity index is 987. The molecule has 1 fully saturated rings. The number of anilines is 1. The van der Waals surface area contributed by atoms with E-state index >= 15 is 0 Å². The first-order chi connectivity index (χ1) is 14.2. The summed E-state index contributed by atoms with van der Waals surface area (Å²) < 4.78 is 1.95. The molecule has 29 heavy (non-hydrogen) atoms. The molecule has 5 heteroatoms. The number of carbonyl (C=O) groups is 1. The molecule has 0 aliphatic carbocycles. The summed E-state index contributed by atoms with van der Waals surface area (Å²) >= 11 is 0. The molecule has 0 spiro atoms. The van der Waals surface area contributed by atoms with Crippen LogP contribution in [0.1, 0.15) is 52.9 Å². The maximum Gasteiger partial charge on any atom is 0.259 e. The molecule has 0 radical (unpaired) electrons. The Labute approximate surface area is 172 Å². The van der Waals surface area contributed by atoms with Gasteiger partial charge in [0.05, 0.1) is 23.1 Å². The highest BCUT2D eigenvalue weighted by Crippen LogP contribution is 2.31. The van der Waals surface area contributed by atoms with Crippen LogP contribution in [0.15, 0.2) is 54.7 Å². The second kappa shape index (κ2) is 8.62. The number of carbonyl (C=O) groups excluding carboxylic acids is 1. The molecular formula is C24H28N4O. The number of aromatic nitrogens is 2. The topological polar surface area (TPSA) is 59.0 Å². The first-order valence-corrected chi connectivity index (χ1v) is 10.4. The van der Waals surface area contributed by atoms with Crippen LogP contribution >= 0.6 is 0 Å². The van der Waals surface area contributed by atoms with Gasteiger partial charge >= 0.3 is 0 Å². The van der Waals surface area contributed by atoms with Crippen molar-refractivity contribution in [3.05, 3.63) is 77.1 Å². The normalized spacial score (nSPS) is 14.7. The average molecular weight is 389 g/mol. The molecule has 1 aliphatic rings. The Balaban J connectivity index is 1.74. The van der Waals surface area contributed by atoms with Gasteiger partial charge in [0.15, 0.2) is 0 Å². The minimum Gasteiger partial charge on any atom is -0.321 e. The summed E-state index contributed by atoms with van der Waals surface area (Å²) in [6.45, 7) is 6.07. The molecule has 2 aromatic carbocycles. The fraction of sp³-hybridized carbons (Fsp3) is 0.333. The molecule has 1 aromatic heterocycles. The quantitative estimate of drug-likeness (QED) is 0.678. The van der Waals surface area contributed by atoms with Gasteiger partial charge in [-0.3, -0.25) is 4.79 Å². The van der Waals surface area contributed by atoms with Crippen molar-refractivity contribution in [1.29, 1.82) is 0 Å². The monoisotopic (exact) mass is 388 g/mol. The summed E-state index contributed by atoms with van der Waals surface area (Å²) in [4.78, 5) is 13.4. The van der Waals surface area contributed by atoms with Gasteiger partial charge in [0.2, 0.25) is 0 Å². The van der Waals surface area contributed by atoms with Crippen molar-refractivity contribution in [3.8, 4) is 5.69 Å². The maximum absolute atomic E-state index is 13.4. The standard InChI is InChI=1S/C24H28N4O/c1-3-18-9-7-8-17(2)22(18)27-24(29)21-16-26-28(20-10-5-4-6-11-20)23(21)19-12-14-25-15-13-19/h4-11,16,19,25H,3,12-15H2,1-2H3,(H,27,29). The third-order valence-corrected chi connectivity index (χ3v) is 5.76. The van der Waals surface area contributed by atoms with Crippen LogP contribution in [0, 0.1) is 6.92 Å². The van der Waals surface area contributed by atoms with Gasteiger partial charge in [0.25, 0.3) is 5.91 Å². The highest BCUT2D eigenvalue weighted by Gasteiger charge is 2.27. The van der Waals surface area contributed by atoms with Crippen molar-refractivity contribution >= 4 is 11.6 Å². The van der Waals surface area contributed by atoms with E-state index < -0.39 is 0 Å². The van der Waals surface area contributed by atoms with Gasteiger partial charge in [-0.2, -0.15) is 5.10 Å². The van der Waals surface area contributed by atoms with E-state index in [4.69, 9.17) is 0 Å². The molecule has 1 aliphatic heterocycles. The molecule has 1 saturated heterocycles. The van der Waals surface area contributed by atoms with E-state index in [1.165, 1.54) is 0 Å². The van der Waals surface area contributed by atoms with Crippen LogP contribution in [0.5, 0.6) is 0 Å². The number of nitrogens with zero attached hydrogens (tertiary/aromatic N) is 2. The minimum atomic E-state index is -0.0790. The van der Waals surface area contributed by atoms with Gasteiger partial charge in [-0.25, -0.2) is 4.68 Å². The molecule has 150 valence electrons. The predicted molar refractivity (Wildman–Crippen MR) is 117 cm³/mol. The van der Waals surface area contributed by atoms with Gasteiger partial charge < -0.3 is 10.6 Å². The van der Waals surface area contributed by atoms with Crippen LogP contribution in [0.25, 0.3) is 5.69 Å². The van der Waals surface area contributed by atoms with Crippen molar-refractivity contribution in [1.82, 2.24) is 15.1 Å². The van der Waals surface area contributed by atoms with E-state index in [2.05, 4.69) is 28.7 Å². The second-order valence-corrected chi connectivity index (χ2v) is 7.63. The lowest BCUT2D eigenvalue weighted by Crippen LogP contribution is -2.29. The molecular weight excluding hydrogens is 360 g/mol. The lowest BCUT2D eigenvalue weighted by Gasteiger charge is -2.25. The number of piperidine rings is 1. The summed E-state index contributed by atoms with van der Waals surface area (Å²) in [5.41, 5.74) is 5.83. The number of hydrogen-bond donors (Lipinski definition) is 2. The van der Waals surface area contributed by atoms with Gasteiger partial charge in [-0.05, 0) is 62.5 Å². The predicted octanol–water partition coefficient (Wildman–Crippen LogP) is 4.46. The van der Waals surface area contributed by atoms with Crippen molar-refractivity contribution in [2.24, 2.45) is 0 Å². The molecule has 0 saturated carbocycles. The number of nitrogens with one attached hydrogen (secondary N) is 2. The van der Waals surface area contributed by atoms with Crippen LogP contribution in [0.2, 0.25) is 0 Å². The van der Waals surface area contributed by atoms with Crippen LogP contribution in [0.3, 0.4) is 0 Å². The highest BCUT2D eigenvalue weighted by atomic mass is 16.1. The first kappa shape index (κ1) is 19.4. The molecule has 2 heterocycles. The Morgan fingerprint density at radius 3 is 2.62 bits per heavy atom. The number of amides is 1. The number of benzene rings is 2. The molecule has 2 N–H and O–H groups in total. The largest absolute Gasteiger partial charge is 0.321 e. The smallest absolute Gasteiger partial charge is 0.259 e. The second-order valence-electron chi connectivity index (χ2n) is 7.63. The zero-order valence-corrected chi connectivity index (χ0v) is 17.1. The Hall–Kier alpha value is -2.92. The van der Waals surface area contributed by atoms with Crippen molar-refractivity contribution in [3.63, 3.8) is 0 Å². The zero-order chi connectivity index (χ0) is 20.2. The molecule has 3 aromatic rings. The third-order valence-electron chi connectivity index (χ3n) is 5.76. The number of rotatable bonds is 5. The maximum atomic E-state index is 13.4. The van der Waals surface area contributed by atoms with E-state index in [-0.39, 0.29) is 5.91 Å². The molecule has 1 amide bonds. The van der Waals surface area contributed by atoms with E-state index in [1.54, 1.807) is 6.20 Å². The van der Waals surface area contributed by atoms with Gasteiger partial charge in [-0.15, -0.1) is 0 Å². The zero-order valence-electron chi connectivity index (χ0n) is 17.1. The van der Waals surface area contributed by atoms with E-state index in [9.17, 15) is 4.79 Å². The SMILES string of the molecule is CCc1cccc(C)c1NC(=O)c1cnn(-c2ccccc2)c1C1CCNCC1. The lowest BCUT2D eigenvalue weighted by molar-refractivity contribution is 0.102. The molecule has 4 rings (SSSR count). The van der Waals surface area contributed by atoms with Crippen LogP contribution < -0.4 is 10.6 Å². The molecule has 5 nitrogen and oxygen atoms in total. The molecule has 0 atom stereocenters. The summed E-state index contributed by atoms with van der Waals surface area (Å²) in [5.74, 6) is 0.229. The Morgan fingerprint density at radius 1 is 1.14 bits per heavy atom. The van der Waals surface area contributed by atoms with Crippen molar-refractivity contribution in [2.75, 3.05) is 18.4 Å². The Morgan fingerprint density at radius 2 is 1.90 bits per heavy atom. The van der Waals surface area contributed by atoms with Gasteiger partial charge in [-0.1, -0.05) is 43.3 Å². The minimum absolute atomic E-state index is 0.0790. The van der Waals surface area contributed by atoms with Crippen LogP contribution in [-0.4, -0.2) is 28.8 Å². The molecule has 0 bridgehead atoms. The highest BCUT2D eigenvalue weighted by molar-refractivity contribution is 6.06. The first-order valence-electron chi connectivity index (χ1n) is 10.4.